The Morgan fingerprint density at radius 1 is 1.04 bits per heavy atom. The van der Waals surface area contributed by atoms with Crippen LogP contribution in [0, 0.1) is 13.8 Å². The molecule has 4 aromatic rings. The first-order valence-corrected chi connectivity index (χ1v) is 9.78. The second-order valence-corrected chi connectivity index (χ2v) is 7.52. The zero-order chi connectivity index (χ0) is 18.8. The predicted octanol–water partition coefficient (Wildman–Crippen LogP) is 5.48. The number of aryl methyl sites for hydroxylation is 2. The molecule has 2 aromatic heterocycles. The van der Waals surface area contributed by atoms with Gasteiger partial charge in [0.25, 0.3) is 0 Å². The van der Waals surface area contributed by atoms with Gasteiger partial charge in [0.15, 0.2) is 5.16 Å². The van der Waals surface area contributed by atoms with Gasteiger partial charge in [0.05, 0.1) is 5.75 Å². The Hall–Kier alpha value is -2.57. The van der Waals surface area contributed by atoms with Gasteiger partial charge in [0.2, 0.25) is 11.8 Å². The highest BCUT2D eigenvalue weighted by atomic mass is 35.5. The summed E-state index contributed by atoms with van der Waals surface area (Å²) in [7, 11) is 0. The SMILES string of the molecule is Cc1ccc(-n2ccnc2SCc2nnc(-c3ccc(Cl)cc3)o2)cc1C. The number of rotatable bonds is 5. The Balaban J connectivity index is 1.49. The zero-order valence-electron chi connectivity index (χ0n) is 14.9. The molecule has 0 bridgehead atoms. The number of hydrogen-bond donors (Lipinski definition) is 0. The lowest BCUT2D eigenvalue weighted by Gasteiger charge is -2.09. The maximum absolute atomic E-state index is 5.92. The molecule has 0 radical (unpaired) electrons. The van der Waals surface area contributed by atoms with Crippen molar-refractivity contribution in [1.82, 2.24) is 19.7 Å². The lowest BCUT2D eigenvalue weighted by Crippen LogP contribution is -1.96. The van der Waals surface area contributed by atoms with E-state index in [0.717, 1.165) is 16.4 Å². The fourth-order valence-electron chi connectivity index (χ4n) is 2.62. The van der Waals surface area contributed by atoms with Gasteiger partial charge in [-0.1, -0.05) is 29.4 Å². The van der Waals surface area contributed by atoms with E-state index in [-0.39, 0.29) is 0 Å². The quantitative estimate of drug-likeness (QED) is 0.418. The summed E-state index contributed by atoms with van der Waals surface area (Å²) in [6.07, 6.45) is 3.75. The van der Waals surface area contributed by atoms with Gasteiger partial charge in [-0.25, -0.2) is 4.98 Å². The van der Waals surface area contributed by atoms with Crippen molar-refractivity contribution in [3.05, 3.63) is 76.9 Å². The molecule has 0 unspecified atom stereocenters. The molecular weight excluding hydrogens is 380 g/mol. The van der Waals surface area contributed by atoms with Gasteiger partial charge in [-0.15, -0.1) is 10.2 Å². The Morgan fingerprint density at radius 3 is 2.63 bits per heavy atom. The summed E-state index contributed by atoms with van der Waals surface area (Å²) in [5.41, 5.74) is 4.46. The third kappa shape index (κ3) is 3.91. The number of thioether (sulfide) groups is 1. The van der Waals surface area contributed by atoms with Crippen LogP contribution < -0.4 is 0 Å². The predicted molar refractivity (Wildman–Crippen MR) is 107 cm³/mol. The molecule has 0 spiro atoms. The maximum atomic E-state index is 5.92. The van der Waals surface area contributed by atoms with E-state index in [2.05, 4.69) is 51.8 Å². The summed E-state index contributed by atoms with van der Waals surface area (Å²) >= 11 is 7.47. The van der Waals surface area contributed by atoms with Crippen molar-refractivity contribution in [2.75, 3.05) is 0 Å². The Bertz CT molecular complexity index is 1070. The van der Waals surface area contributed by atoms with Crippen LogP contribution in [0.3, 0.4) is 0 Å². The van der Waals surface area contributed by atoms with Gasteiger partial charge in [-0.3, -0.25) is 4.57 Å². The average molecular weight is 397 g/mol. The molecule has 27 heavy (non-hydrogen) atoms. The minimum absolute atomic E-state index is 0.486. The van der Waals surface area contributed by atoms with E-state index >= 15 is 0 Å². The highest BCUT2D eigenvalue weighted by Crippen LogP contribution is 2.26. The second-order valence-electron chi connectivity index (χ2n) is 6.14. The van der Waals surface area contributed by atoms with E-state index in [9.17, 15) is 0 Å². The first kappa shape index (κ1) is 17.8. The summed E-state index contributed by atoms with van der Waals surface area (Å²) in [5, 5.41) is 9.81. The topological polar surface area (TPSA) is 56.7 Å². The molecule has 0 aliphatic carbocycles. The van der Waals surface area contributed by atoms with Crippen LogP contribution in [0.15, 0.2) is 64.4 Å². The molecule has 0 amide bonds. The van der Waals surface area contributed by atoms with Gasteiger partial charge in [0.1, 0.15) is 0 Å². The van der Waals surface area contributed by atoms with Crippen LogP contribution >= 0.6 is 23.4 Å². The first-order chi connectivity index (χ1) is 13.1. The molecule has 2 aromatic carbocycles. The van der Waals surface area contributed by atoms with Gasteiger partial charge >= 0.3 is 0 Å². The number of aromatic nitrogens is 4. The van der Waals surface area contributed by atoms with E-state index < -0.39 is 0 Å². The molecule has 7 heteroatoms. The van der Waals surface area contributed by atoms with Crippen LogP contribution in [-0.2, 0) is 5.75 Å². The van der Waals surface area contributed by atoms with Crippen molar-refractivity contribution < 1.29 is 4.42 Å². The standard InChI is InChI=1S/C20H17ClN4OS/c1-13-3-8-17(11-14(13)2)25-10-9-22-20(25)27-12-18-23-24-19(26-18)15-4-6-16(21)7-5-15/h3-11H,12H2,1-2H3. The van der Waals surface area contributed by atoms with Crippen LogP contribution in [0.2, 0.25) is 5.02 Å². The molecule has 136 valence electrons. The molecule has 0 aliphatic heterocycles. The number of halogens is 1. The molecule has 0 fully saturated rings. The lowest BCUT2D eigenvalue weighted by atomic mass is 10.1. The molecule has 4 rings (SSSR count). The first-order valence-electron chi connectivity index (χ1n) is 8.42. The lowest BCUT2D eigenvalue weighted by molar-refractivity contribution is 0.528. The monoisotopic (exact) mass is 396 g/mol. The fraction of sp³-hybridized carbons (Fsp3) is 0.150. The van der Waals surface area contributed by atoms with Gasteiger partial charge in [-0.05, 0) is 61.4 Å². The summed E-state index contributed by atoms with van der Waals surface area (Å²) < 4.78 is 7.83. The molecule has 0 saturated carbocycles. The van der Waals surface area contributed by atoms with E-state index in [1.165, 1.54) is 11.1 Å². The minimum atomic E-state index is 0.486. The molecular formula is C20H17ClN4OS. The van der Waals surface area contributed by atoms with E-state index in [1.807, 2.05) is 18.3 Å². The van der Waals surface area contributed by atoms with Crippen molar-refractivity contribution in [3.8, 4) is 17.1 Å². The van der Waals surface area contributed by atoms with E-state index in [0.29, 0.717) is 22.6 Å². The van der Waals surface area contributed by atoms with Crippen molar-refractivity contribution >= 4 is 23.4 Å². The zero-order valence-corrected chi connectivity index (χ0v) is 16.5. The molecule has 0 saturated heterocycles. The minimum Gasteiger partial charge on any atom is -0.420 e. The van der Waals surface area contributed by atoms with Gasteiger partial charge in [0, 0.05) is 28.7 Å². The van der Waals surface area contributed by atoms with Crippen LogP contribution in [0.5, 0.6) is 0 Å². The highest BCUT2D eigenvalue weighted by molar-refractivity contribution is 7.98. The van der Waals surface area contributed by atoms with Crippen LogP contribution in [0.4, 0.5) is 0 Å². The van der Waals surface area contributed by atoms with Gasteiger partial charge < -0.3 is 4.42 Å². The Morgan fingerprint density at radius 2 is 1.85 bits per heavy atom. The summed E-state index contributed by atoms with van der Waals surface area (Å²) in [6.45, 7) is 4.22. The van der Waals surface area contributed by atoms with Crippen LogP contribution in [0.1, 0.15) is 17.0 Å². The summed E-state index contributed by atoms with van der Waals surface area (Å²) in [6, 6.07) is 13.7. The Kier molecular flexibility index (Phi) is 5.01. The molecule has 2 heterocycles. The molecule has 0 N–H and O–H groups in total. The number of benzene rings is 2. The normalized spacial score (nSPS) is 11.1. The van der Waals surface area contributed by atoms with E-state index in [1.54, 1.807) is 30.1 Å². The maximum Gasteiger partial charge on any atom is 0.247 e. The number of hydrogen-bond acceptors (Lipinski definition) is 5. The van der Waals surface area contributed by atoms with Crippen molar-refractivity contribution in [2.45, 2.75) is 24.8 Å². The average Bonchev–Trinajstić information content (AvgIpc) is 3.32. The second kappa shape index (κ2) is 7.58. The Labute approximate surface area is 166 Å². The smallest absolute Gasteiger partial charge is 0.247 e. The van der Waals surface area contributed by atoms with Crippen molar-refractivity contribution in [1.29, 1.82) is 0 Å². The highest BCUT2D eigenvalue weighted by Gasteiger charge is 2.12. The van der Waals surface area contributed by atoms with Gasteiger partial charge in [-0.2, -0.15) is 0 Å². The number of nitrogens with zero attached hydrogens (tertiary/aromatic N) is 4. The van der Waals surface area contributed by atoms with E-state index in [4.69, 9.17) is 16.0 Å². The van der Waals surface area contributed by atoms with Crippen molar-refractivity contribution in [3.63, 3.8) is 0 Å². The molecule has 0 aliphatic rings. The molecule has 0 atom stereocenters. The number of imidazole rings is 1. The van der Waals surface area contributed by atoms with Crippen LogP contribution in [-0.4, -0.2) is 19.7 Å². The third-order valence-electron chi connectivity index (χ3n) is 4.26. The summed E-state index contributed by atoms with van der Waals surface area (Å²) in [4.78, 5) is 4.46. The van der Waals surface area contributed by atoms with Crippen LogP contribution in [0.25, 0.3) is 17.1 Å². The summed E-state index contributed by atoms with van der Waals surface area (Å²) in [5.74, 6) is 1.59. The fourth-order valence-corrected chi connectivity index (χ4v) is 3.55. The molecule has 5 nitrogen and oxygen atoms in total. The van der Waals surface area contributed by atoms with Crippen molar-refractivity contribution in [2.24, 2.45) is 0 Å². The largest absolute Gasteiger partial charge is 0.420 e. The third-order valence-corrected chi connectivity index (χ3v) is 5.46.